The zero-order valence-corrected chi connectivity index (χ0v) is 19.8. The quantitative estimate of drug-likeness (QED) is 0.318. The number of phenols is 1. The van der Waals surface area contributed by atoms with Crippen molar-refractivity contribution in [2.24, 2.45) is 0 Å². The normalized spacial score (nSPS) is 23.2. The van der Waals surface area contributed by atoms with E-state index >= 15 is 0 Å². The first-order valence-corrected chi connectivity index (χ1v) is 12.1. The third kappa shape index (κ3) is 3.01. The molecular weight excluding hydrogens is 448 g/mol. The molecule has 0 aliphatic carbocycles. The van der Waals surface area contributed by atoms with Crippen LogP contribution in [0.1, 0.15) is 35.6 Å². The molecule has 4 nitrogen and oxygen atoms in total. The second-order valence-corrected chi connectivity index (χ2v) is 9.60. The fourth-order valence-corrected chi connectivity index (χ4v) is 5.77. The molecule has 3 heterocycles. The topological polar surface area (TPSA) is 47.9 Å². The van der Waals surface area contributed by atoms with Crippen LogP contribution in [-0.4, -0.2) is 5.11 Å². The predicted octanol–water partition coefficient (Wildman–Crippen LogP) is 7.19. The van der Waals surface area contributed by atoms with Gasteiger partial charge in [0.1, 0.15) is 28.8 Å². The highest BCUT2D eigenvalue weighted by Gasteiger charge is 2.54. The van der Waals surface area contributed by atoms with E-state index in [4.69, 9.17) is 14.2 Å². The molecule has 7 rings (SSSR count). The Hall–Kier alpha value is -4.44. The third-order valence-corrected chi connectivity index (χ3v) is 7.31. The van der Waals surface area contributed by atoms with Gasteiger partial charge in [0.2, 0.25) is 0 Å². The summed E-state index contributed by atoms with van der Waals surface area (Å²) in [5, 5.41) is 10.6. The van der Waals surface area contributed by atoms with Crippen molar-refractivity contribution < 1.29 is 19.3 Å². The number of hydrogen-bond donors (Lipinski definition) is 1. The first-order valence-electron chi connectivity index (χ1n) is 12.1. The van der Waals surface area contributed by atoms with E-state index in [1.807, 2.05) is 78.9 Å². The molecule has 0 saturated carbocycles. The lowest BCUT2D eigenvalue weighted by Crippen LogP contribution is -2.49. The second kappa shape index (κ2) is 7.53. The van der Waals surface area contributed by atoms with E-state index in [1.54, 1.807) is 12.1 Å². The molecule has 0 aromatic heterocycles. The van der Waals surface area contributed by atoms with Gasteiger partial charge in [-0.2, -0.15) is 0 Å². The third-order valence-electron chi connectivity index (χ3n) is 7.31. The molecule has 4 aromatic rings. The smallest absolute Gasteiger partial charge is 0.164 e. The summed E-state index contributed by atoms with van der Waals surface area (Å²) in [5.74, 6) is 3.03. The molecule has 2 spiro atoms. The van der Waals surface area contributed by atoms with Crippen LogP contribution in [0.4, 0.5) is 0 Å². The van der Waals surface area contributed by atoms with Crippen LogP contribution in [0.2, 0.25) is 0 Å². The van der Waals surface area contributed by atoms with Crippen molar-refractivity contribution in [2.45, 2.75) is 24.5 Å². The van der Waals surface area contributed by atoms with Crippen LogP contribution in [0, 0.1) is 0 Å². The molecule has 0 amide bonds. The van der Waals surface area contributed by atoms with E-state index in [0.717, 1.165) is 33.8 Å². The van der Waals surface area contributed by atoms with Crippen molar-refractivity contribution in [1.82, 2.24) is 0 Å². The summed E-state index contributed by atoms with van der Waals surface area (Å²) in [7, 11) is 0. The fourth-order valence-electron chi connectivity index (χ4n) is 5.77. The second-order valence-electron chi connectivity index (χ2n) is 9.60. The molecule has 0 fully saturated rings. The lowest BCUT2D eigenvalue weighted by atomic mass is 9.72. The summed E-state index contributed by atoms with van der Waals surface area (Å²) in [6.07, 6.45) is 4.72. The van der Waals surface area contributed by atoms with Crippen LogP contribution in [0.3, 0.4) is 0 Å². The number of ether oxygens (including phenoxy) is 3. The summed E-state index contributed by atoms with van der Waals surface area (Å²) in [4.78, 5) is 0. The Morgan fingerprint density at radius 3 is 1.94 bits per heavy atom. The van der Waals surface area contributed by atoms with Gasteiger partial charge in [0.15, 0.2) is 11.2 Å². The van der Waals surface area contributed by atoms with Crippen LogP contribution < -0.4 is 14.2 Å². The molecule has 2 atom stereocenters. The van der Waals surface area contributed by atoms with Crippen molar-refractivity contribution in [2.75, 3.05) is 0 Å². The highest BCUT2D eigenvalue weighted by molar-refractivity contribution is 5.75. The van der Waals surface area contributed by atoms with Crippen LogP contribution in [0.25, 0.3) is 11.3 Å². The van der Waals surface area contributed by atoms with E-state index in [1.165, 1.54) is 0 Å². The first kappa shape index (κ1) is 20.9. The van der Waals surface area contributed by atoms with Gasteiger partial charge >= 0.3 is 0 Å². The van der Waals surface area contributed by atoms with Crippen LogP contribution in [0.5, 0.6) is 23.0 Å². The van der Waals surface area contributed by atoms with E-state index in [0.29, 0.717) is 23.5 Å². The zero-order chi connectivity index (χ0) is 24.3. The SMILES string of the molecule is CC1=C[C@]2(C[C@]3(C=C(c4ccccc4O)Oc4ccccc43)Oc3ccccc32)Oc2ccccc21. The molecule has 4 aromatic carbocycles. The first-order chi connectivity index (χ1) is 17.6. The summed E-state index contributed by atoms with van der Waals surface area (Å²) in [5.41, 5.74) is 3.15. The Morgan fingerprint density at radius 2 is 1.17 bits per heavy atom. The van der Waals surface area contributed by atoms with Gasteiger partial charge in [-0.3, -0.25) is 0 Å². The van der Waals surface area contributed by atoms with Crippen molar-refractivity contribution >= 4 is 11.3 Å². The van der Waals surface area contributed by atoms with Crippen LogP contribution >= 0.6 is 0 Å². The van der Waals surface area contributed by atoms with E-state index in [2.05, 4.69) is 25.1 Å². The van der Waals surface area contributed by atoms with Crippen molar-refractivity contribution in [3.63, 3.8) is 0 Å². The molecule has 0 bridgehead atoms. The van der Waals surface area contributed by atoms with Gasteiger partial charge in [-0.25, -0.2) is 0 Å². The number of benzene rings is 4. The van der Waals surface area contributed by atoms with E-state index < -0.39 is 11.2 Å². The number of aromatic hydroxyl groups is 1. The average Bonchev–Trinajstić information content (AvgIpc) is 2.89. The zero-order valence-electron chi connectivity index (χ0n) is 19.8. The molecule has 4 heteroatoms. The molecule has 36 heavy (non-hydrogen) atoms. The largest absolute Gasteiger partial charge is 0.507 e. The standard InChI is InChI=1S/C32H24O4/c1-21-18-31(35-27-15-7-3-10-22(21)27)20-32(36-29-17-9-5-13-25(29)31)19-30(23-11-2-6-14-26(23)33)34-28-16-8-4-12-24(28)32/h2-19,33H,20H2,1H3/t31-,32+/m1/s1. The summed E-state index contributed by atoms with van der Waals surface area (Å²) >= 11 is 0. The molecule has 0 saturated heterocycles. The number of para-hydroxylation sites is 4. The van der Waals surface area contributed by atoms with Gasteiger partial charge in [0.05, 0.1) is 5.56 Å². The lowest BCUT2D eigenvalue weighted by Gasteiger charge is -2.49. The molecule has 176 valence electrons. The van der Waals surface area contributed by atoms with Crippen molar-refractivity contribution in [1.29, 1.82) is 0 Å². The molecule has 1 N–H and O–H groups in total. The summed E-state index contributed by atoms with van der Waals surface area (Å²) < 4.78 is 20.1. The summed E-state index contributed by atoms with van der Waals surface area (Å²) in [6.45, 7) is 2.13. The number of phenolic OH excluding ortho intramolecular Hbond substituents is 1. The van der Waals surface area contributed by atoms with E-state index in [-0.39, 0.29) is 5.75 Å². The van der Waals surface area contributed by atoms with Crippen LogP contribution in [-0.2, 0) is 11.2 Å². The highest BCUT2D eigenvalue weighted by atomic mass is 16.5. The van der Waals surface area contributed by atoms with Gasteiger partial charge in [0, 0.05) is 29.2 Å². The van der Waals surface area contributed by atoms with Crippen LogP contribution in [0.15, 0.2) is 109 Å². The minimum atomic E-state index is -0.885. The van der Waals surface area contributed by atoms with Crippen molar-refractivity contribution in [3.05, 3.63) is 131 Å². The molecule has 0 unspecified atom stereocenters. The predicted molar refractivity (Wildman–Crippen MR) is 139 cm³/mol. The molecular formula is C32H24O4. The Kier molecular flexibility index (Phi) is 4.37. The van der Waals surface area contributed by atoms with Gasteiger partial charge < -0.3 is 19.3 Å². The lowest BCUT2D eigenvalue weighted by molar-refractivity contribution is -0.0194. The Balaban J connectivity index is 1.48. The maximum Gasteiger partial charge on any atom is 0.164 e. The molecule has 0 radical (unpaired) electrons. The Bertz CT molecular complexity index is 1580. The minimum Gasteiger partial charge on any atom is -0.507 e. The van der Waals surface area contributed by atoms with Gasteiger partial charge in [-0.15, -0.1) is 0 Å². The Labute approximate surface area is 209 Å². The van der Waals surface area contributed by atoms with Crippen molar-refractivity contribution in [3.8, 4) is 23.0 Å². The molecule has 3 aliphatic heterocycles. The maximum absolute atomic E-state index is 10.6. The number of rotatable bonds is 1. The van der Waals surface area contributed by atoms with Gasteiger partial charge in [-0.05, 0) is 48.9 Å². The minimum absolute atomic E-state index is 0.155. The number of allylic oxidation sites excluding steroid dienone is 1. The van der Waals surface area contributed by atoms with Gasteiger partial charge in [0.25, 0.3) is 0 Å². The van der Waals surface area contributed by atoms with E-state index in [9.17, 15) is 5.11 Å². The number of hydrogen-bond acceptors (Lipinski definition) is 4. The average molecular weight is 473 g/mol. The van der Waals surface area contributed by atoms with Gasteiger partial charge in [-0.1, -0.05) is 66.7 Å². The summed E-state index contributed by atoms with van der Waals surface area (Å²) in [6, 6.07) is 31.4. The monoisotopic (exact) mass is 472 g/mol. The number of fused-ring (bicyclic) bond motifs is 5. The fraction of sp³-hybridized carbons (Fsp3) is 0.125. The molecule has 3 aliphatic rings. The Morgan fingerprint density at radius 1 is 0.611 bits per heavy atom. The maximum atomic E-state index is 10.6. The highest BCUT2D eigenvalue weighted by Crippen LogP contribution is 2.57.